The molecule has 1 aliphatic rings. The van der Waals surface area contributed by atoms with Crippen molar-refractivity contribution < 1.29 is 4.79 Å². The van der Waals surface area contributed by atoms with Crippen molar-refractivity contribution in [3.05, 3.63) is 53.3 Å². The molecular weight excluding hydrogens is 274 g/mol. The number of carbonyl (C=O) groups excluding carboxylic acids is 1. The minimum atomic E-state index is -0.0400. The van der Waals surface area contributed by atoms with Crippen LogP contribution in [0.5, 0.6) is 0 Å². The topological polar surface area (TPSA) is 46.9 Å². The van der Waals surface area contributed by atoms with Crippen molar-refractivity contribution in [3.8, 4) is 0 Å². The van der Waals surface area contributed by atoms with Gasteiger partial charge < -0.3 is 5.32 Å². The van der Waals surface area contributed by atoms with Crippen molar-refractivity contribution in [2.45, 2.75) is 51.6 Å². The lowest BCUT2D eigenvalue weighted by molar-refractivity contribution is 0.0922. The molecule has 1 aromatic carbocycles. The van der Waals surface area contributed by atoms with Crippen molar-refractivity contribution in [2.75, 3.05) is 0 Å². The molecule has 3 rings (SSSR count). The van der Waals surface area contributed by atoms with E-state index in [0.717, 1.165) is 18.5 Å². The minimum absolute atomic E-state index is 0.0400. The van der Waals surface area contributed by atoms with Crippen LogP contribution < -0.4 is 5.32 Å². The van der Waals surface area contributed by atoms with Gasteiger partial charge in [-0.25, -0.2) is 0 Å². The number of rotatable bonds is 4. The lowest BCUT2D eigenvalue weighted by Gasteiger charge is -2.22. The third-order valence-corrected chi connectivity index (χ3v) is 4.33. The standard InChI is InChI=1S/C18H23N3O/c1-14-12-17(18(22)19-16-10-6-3-7-11-16)20-21(14)13-15-8-4-2-5-9-15/h2,4-5,8-9,12,16H,3,6-7,10-11,13H2,1H3,(H,19,22). The molecular formula is C18H23N3O. The van der Waals surface area contributed by atoms with Gasteiger partial charge in [0.15, 0.2) is 0 Å². The van der Waals surface area contributed by atoms with E-state index in [1.807, 2.05) is 35.9 Å². The van der Waals surface area contributed by atoms with E-state index in [4.69, 9.17) is 0 Å². The Labute approximate surface area is 131 Å². The summed E-state index contributed by atoms with van der Waals surface area (Å²) in [7, 11) is 0. The van der Waals surface area contributed by atoms with Crippen LogP contribution in [-0.2, 0) is 6.54 Å². The average Bonchev–Trinajstić information content (AvgIpc) is 2.90. The molecule has 4 heteroatoms. The maximum atomic E-state index is 12.3. The molecule has 0 radical (unpaired) electrons. The van der Waals surface area contributed by atoms with Gasteiger partial charge in [0.25, 0.3) is 5.91 Å². The van der Waals surface area contributed by atoms with Gasteiger partial charge in [0.2, 0.25) is 0 Å². The highest BCUT2D eigenvalue weighted by Crippen LogP contribution is 2.18. The van der Waals surface area contributed by atoms with Crippen LogP contribution in [-0.4, -0.2) is 21.7 Å². The summed E-state index contributed by atoms with van der Waals surface area (Å²) in [6.07, 6.45) is 5.90. The van der Waals surface area contributed by atoms with Gasteiger partial charge >= 0.3 is 0 Å². The van der Waals surface area contributed by atoms with Gasteiger partial charge in [-0.05, 0) is 31.4 Å². The van der Waals surface area contributed by atoms with Crippen LogP contribution in [0.1, 0.15) is 53.8 Å². The molecule has 1 aromatic heterocycles. The first-order valence-electron chi connectivity index (χ1n) is 8.11. The van der Waals surface area contributed by atoms with E-state index in [1.165, 1.54) is 24.8 Å². The van der Waals surface area contributed by atoms with Crippen LogP contribution in [0.4, 0.5) is 0 Å². The predicted molar refractivity (Wildman–Crippen MR) is 86.8 cm³/mol. The van der Waals surface area contributed by atoms with Gasteiger partial charge in [0.1, 0.15) is 5.69 Å². The molecule has 4 nitrogen and oxygen atoms in total. The molecule has 0 aliphatic heterocycles. The quantitative estimate of drug-likeness (QED) is 0.941. The molecule has 0 saturated heterocycles. The number of hydrogen-bond acceptors (Lipinski definition) is 2. The van der Waals surface area contributed by atoms with E-state index < -0.39 is 0 Å². The van der Waals surface area contributed by atoms with E-state index >= 15 is 0 Å². The van der Waals surface area contributed by atoms with Crippen molar-refractivity contribution in [2.24, 2.45) is 0 Å². The van der Waals surface area contributed by atoms with Gasteiger partial charge in [-0.1, -0.05) is 49.6 Å². The summed E-state index contributed by atoms with van der Waals surface area (Å²) in [6, 6.07) is 12.4. The Morgan fingerprint density at radius 1 is 1.23 bits per heavy atom. The minimum Gasteiger partial charge on any atom is -0.348 e. The zero-order valence-corrected chi connectivity index (χ0v) is 13.1. The van der Waals surface area contributed by atoms with Crippen molar-refractivity contribution in [3.63, 3.8) is 0 Å². The lowest BCUT2D eigenvalue weighted by atomic mass is 9.95. The monoisotopic (exact) mass is 297 g/mol. The SMILES string of the molecule is Cc1cc(C(=O)NC2CCCCC2)nn1Cc1ccccc1. The van der Waals surface area contributed by atoms with E-state index in [2.05, 4.69) is 22.5 Å². The Morgan fingerprint density at radius 2 is 1.95 bits per heavy atom. The first-order chi connectivity index (χ1) is 10.7. The number of benzene rings is 1. The number of nitrogens with one attached hydrogen (secondary N) is 1. The fourth-order valence-corrected chi connectivity index (χ4v) is 3.04. The third kappa shape index (κ3) is 3.56. The Kier molecular flexibility index (Phi) is 4.56. The van der Waals surface area contributed by atoms with Gasteiger partial charge in [-0.3, -0.25) is 9.48 Å². The molecule has 1 amide bonds. The normalized spacial score (nSPS) is 15.7. The van der Waals surface area contributed by atoms with Crippen LogP contribution in [0.3, 0.4) is 0 Å². The summed E-state index contributed by atoms with van der Waals surface area (Å²) in [6.45, 7) is 2.69. The molecule has 1 saturated carbocycles. The van der Waals surface area contributed by atoms with Crippen LogP contribution in [0, 0.1) is 6.92 Å². The first kappa shape index (κ1) is 14.8. The van der Waals surface area contributed by atoms with Crippen LogP contribution >= 0.6 is 0 Å². The lowest BCUT2D eigenvalue weighted by Crippen LogP contribution is -2.36. The number of amides is 1. The summed E-state index contributed by atoms with van der Waals surface area (Å²) in [5.74, 6) is -0.0400. The fourth-order valence-electron chi connectivity index (χ4n) is 3.04. The Hall–Kier alpha value is -2.10. The fraction of sp³-hybridized carbons (Fsp3) is 0.444. The van der Waals surface area contributed by atoms with E-state index in [0.29, 0.717) is 18.3 Å². The Bertz CT molecular complexity index is 627. The molecule has 1 fully saturated rings. The highest BCUT2D eigenvalue weighted by atomic mass is 16.2. The molecule has 1 N–H and O–H groups in total. The molecule has 116 valence electrons. The highest BCUT2D eigenvalue weighted by molar-refractivity contribution is 5.92. The second kappa shape index (κ2) is 6.77. The number of aromatic nitrogens is 2. The predicted octanol–water partition coefficient (Wildman–Crippen LogP) is 3.30. The van der Waals surface area contributed by atoms with E-state index in [-0.39, 0.29) is 5.91 Å². The summed E-state index contributed by atoms with van der Waals surface area (Å²) < 4.78 is 1.89. The Morgan fingerprint density at radius 3 is 2.68 bits per heavy atom. The van der Waals surface area contributed by atoms with Gasteiger partial charge in [0.05, 0.1) is 6.54 Å². The smallest absolute Gasteiger partial charge is 0.272 e. The summed E-state index contributed by atoms with van der Waals surface area (Å²) in [5.41, 5.74) is 2.73. The zero-order chi connectivity index (χ0) is 15.4. The second-order valence-electron chi connectivity index (χ2n) is 6.12. The van der Waals surface area contributed by atoms with Crippen molar-refractivity contribution >= 4 is 5.91 Å². The van der Waals surface area contributed by atoms with E-state index in [9.17, 15) is 4.79 Å². The summed E-state index contributed by atoms with van der Waals surface area (Å²) in [5, 5.41) is 7.60. The molecule has 0 atom stereocenters. The third-order valence-electron chi connectivity index (χ3n) is 4.33. The molecule has 22 heavy (non-hydrogen) atoms. The number of aryl methyl sites for hydroxylation is 1. The van der Waals surface area contributed by atoms with Crippen molar-refractivity contribution in [1.29, 1.82) is 0 Å². The maximum Gasteiger partial charge on any atom is 0.272 e. The molecule has 0 spiro atoms. The largest absolute Gasteiger partial charge is 0.348 e. The average molecular weight is 297 g/mol. The maximum absolute atomic E-state index is 12.3. The molecule has 0 unspecified atom stereocenters. The second-order valence-corrected chi connectivity index (χ2v) is 6.12. The van der Waals surface area contributed by atoms with E-state index in [1.54, 1.807) is 0 Å². The number of nitrogens with zero attached hydrogens (tertiary/aromatic N) is 2. The molecule has 2 aromatic rings. The Balaban J connectivity index is 1.67. The van der Waals surface area contributed by atoms with Gasteiger partial charge in [0, 0.05) is 11.7 Å². The first-order valence-corrected chi connectivity index (χ1v) is 8.11. The molecule has 1 aliphatic carbocycles. The zero-order valence-electron chi connectivity index (χ0n) is 13.1. The van der Waals surface area contributed by atoms with Crippen LogP contribution in [0.2, 0.25) is 0 Å². The number of hydrogen-bond donors (Lipinski definition) is 1. The van der Waals surface area contributed by atoms with Gasteiger partial charge in [-0.15, -0.1) is 0 Å². The molecule has 0 bridgehead atoms. The number of carbonyl (C=O) groups is 1. The highest BCUT2D eigenvalue weighted by Gasteiger charge is 2.19. The summed E-state index contributed by atoms with van der Waals surface area (Å²) >= 11 is 0. The van der Waals surface area contributed by atoms with Crippen LogP contribution in [0.15, 0.2) is 36.4 Å². The molecule has 1 heterocycles. The van der Waals surface area contributed by atoms with Crippen LogP contribution in [0.25, 0.3) is 0 Å². The summed E-state index contributed by atoms with van der Waals surface area (Å²) in [4.78, 5) is 12.3. The van der Waals surface area contributed by atoms with Crippen molar-refractivity contribution in [1.82, 2.24) is 15.1 Å². The van der Waals surface area contributed by atoms with Gasteiger partial charge in [-0.2, -0.15) is 5.10 Å².